The van der Waals surface area contributed by atoms with Gasteiger partial charge in [0.25, 0.3) is 0 Å². The van der Waals surface area contributed by atoms with E-state index in [1.165, 1.54) is 7.11 Å². The van der Waals surface area contributed by atoms with Crippen molar-refractivity contribution >= 4 is 5.97 Å². The number of rotatable bonds is 4. The van der Waals surface area contributed by atoms with Crippen LogP contribution in [0.1, 0.15) is 18.0 Å². The minimum absolute atomic E-state index is 0.0683. The number of carboxylic acids is 1. The highest BCUT2D eigenvalue weighted by Crippen LogP contribution is 2.32. The number of ether oxygens (including phenoxy) is 1. The number of hydrogen-bond donors (Lipinski definition) is 2. The molecular weight excluding hydrogens is 198 g/mol. The topological polar surface area (TPSA) is 97.2 Å². The van der Waals surface area contributed by atoms with Gasteiger partial charge in [0.1, 0.15) is 6.04 Å². The maximum Gasteiger partial charge on any atom is 0.166 e. The Labute approximate surface area is 87.1 Å². The van der Waals surface area contributed by atoms with E-state index < -0.39 is 12.0 Å². The van der Waals surface area contributed by atoms with Crippen molar-refractivity contribution < 1.29 is 25.5 Å². The van der Waals surface area contributed by atoms with Gasteiger partial charge in [-0.3, -0.25) is 0 Å². The number of benzene rings is 1. The SMILES string of the molecule is COc1cccc([C@H]([NH3+])CC(=O)[O-])c1O. The van der Waals surface area contributed by atoms with Gasteiger partial charge in [-0.25, -0.2) is 0 Å². The maximum absolute atomic E-state index is 10.4. The Morgan fingerprint density at radius 2 is 2.33 bits per heavy atom. The fraction of sp³-hybridized carbons (Fsp3) is 0.300. The van der Waals surface area contributed by atoms with Crippen LogP contribution in [-0.2, 0) is 4.79 Å². The third-order valence-corrected chi connectivity index (χ3v) is 2.10. The molecule has 82 valence electrons. The van der Waals surface area contributed by atoms with Crippen LogP contribution in [0.4, 0.5) is 0 Å². The lowest BCUT2D eigenvalue weighted by atomic mass is 10.0. The van der Waals surface area contributed by atoms with E-state index in [4.69, 9.17) is 4.74 Å². The fourth-order valence-electron chi connectivity index (χ4n) is 1.34. The van der Waals surface area contributed by atoms with Gasteiger partial charge in [-0.1, -0.05) is 6.07 Å². The van der Waals surface area contributed by atoms with Gasteiger partial charge in [-0.2, -0.15) is 0 Å². The number of carbonyl (C=O) groups excluding carboxylic acids is 1. The van der Waals surface area contributed by atoms with Crippen LogP contribution in [0.5, 0.6) is 11.5 Å². The number of aromatic hydroxyl groups is 1. The summed E-state index contributed by atoms with van der Waals surface area (Å²) < 4.78 is 4.90. The van der Waals surface area contributed by atoms with Crippen molar-refractivity contribution in [2.24, 2.45) is 0 Å². The molecule has 0 aliphatic carbocycles. The number of methoxy groups -OCH3 is 1. The molecule has 0 saturated heterocycles. The van der Waals surface area contributed by atoms with Crippen LogP contribution in [0.2, 0.25) is 0 Å². The van der Waals surface area contributed by atoms with Crippen molar-refractivity contribution in [1.82, 2.24) is 0 Å². The molecular formula is C10H13NO4. The summed E-state index contributed by atoms with van der Waals surface area (Å²) in [4.78, 5) is 10.4. The summed E-state index contributed by atoms with van der Waals surface area (Å²) in [6.07, 6.45) is -0.235. The Bertz CT molecular complexity index is 364. The largest absolute Gasteiger partial charge is 0.550 e. The summed E-state index contributed by atoms with van der Waals surface area (Å²) in [5, 5.41) is 20.1. The molecule has 0 aromatic heterocycles. The zero-order chi connectivity index (χ0) is 11.4. The molecule has 0 amide bonds. The lowest BCUT2D eigenvalue weighted by Crippen LogP contribution is -2.55. The summed E-state index contributed by atoms with van der Waals surface area (Å²) >= 11 is 0. The van der Waals surface area contributed by atoms with Crippen LogP contribution in [0.25, 0.3) is 0 Å². The molecule has 15 heavy (non-hydrogen) atoms. The first kappa shape index (κ1) is 11.3. The Hall–Kier alpha value is -1.75. The van der Waals surface area contributed by atoms with E-state index in [9.17, 15) is 15.0 Å². The van der Waals surface area contributed by atoms with E-state index in [-0.39, 0.29) is 12.2 Å². The summed E-state index contributed by atoms with van der Waals surface area (Å²) in [6, 6.07) is 4.31. The van der Waals surface area contributed by atoms with Crippen LogP contribution in [0.3, 0.4) is 0 Å². The molecule has 1 aromatic carbocycles. The standard InChI is InChI=1S/C10H13NO4/c1-15-8-4-2-3-6(10(8)14)7(11)5-9(12)13/h2-4,7,14H,5,11H2,1H3,(H,12,13)/t7-/m1/s1. The van der Waals surface area contributed by atoms with Crippen molar-refractivity contribution in [3.8, 4) is 11.5 Å². The molecule has 0 aliphatic rings. The van der Waals surface area contributed by atoms with Crippen LogP contribution in [-0.4, -0.2) is 18.2 Å². The zero-order valence-electron chi connectivity index (χ0n) is 8.40. The first-order valence-electron chi connectivity index (χ1n) is 4.45. The lowest BCUT2D eigenvalue weighted by molar-refractivity contribution is -0.430. The highest BCUT2D eigenvalue weighted by atomic mass is 16.5. The van der Waals surface area contributed by atoms with E-state index in [2.05, 4.69) is 5.73 Å². The Morgan fingerprint density at radius 3 is 2.87 bits per heavy atom. The molecule has 0 unspecified atom stereocenters. The average Bonchev–Trinajstić information content (AvgIpc) is 2.17. The molecule has 0 spiro atoms. The van der Waals surface area contributed by atoms with Gasteiger partial charge < -0.3 is 25.5 Å². The van der Waals surface area contributed by atoms with E-state index in [1.54, 1.807) is 18.2 Å². The molecule has 0 aliphatic heterocycles. The predicted molar refractivity (Wildman–Crippen MR) is 49.9 cm³/mol. The molecule has 5 nitrogen and oxygen atoms in total. The number of phenolic OH excluding ortho intramolecular Hbond substituents is 1. The van der Waals surface area contributed by atoms with E-state index in [0.29, 0.717) is 11.3 Å². The van der Waals surface area contributed by atoms with E-state index >= 15 is 0 Å². The first-order valence-corrected chi connectivity index (χ1v) is 4.45. The third kappa shape index (κ3) is 2.60. The van der Waals surface area contributed by atoms with Gasteiger partial charge in [0.15, 0.2) is 11.5 Å². The molecule has 5 heteroatoms. The molecule has 1 atom stereocenters. The summed E-state index contributed by atoms with van der Waals surface area (Å²) in [7, 11) is 1.43. The van der Waals surface area contributed by atoms with Crippen molar-refractivity contribution in [2.45, 2.75) is 12.5 Å². The Morgan fingerprint density at radius 1 is 1.67 bits per heavy atom. The number of hydrogen-bond acceptors (Lipinski definition) is 4. The second-order valence-corrected chi connectivity index (χ2v) is 3.17. The molecule has 0 saturated carbocycles. The smallest absolute Gasteiger partial charge is 0.166 e. The minimum atomic E-state index is -1.20. The van der Waals surface area contributed by atoms with Gasteiger partial charge in [-0.05, 0) is 12.1 Å². The second kappa shape index (κ2) is 4.65. The summed E-state index contributed by atoms with van der Waals surface area (Å²) in [5.41, 5.74) is 4.09. The zero-order valence-corrected chi connectivity index (χ0v) is 8.40. The van der Waals surface area contributed by atoms with Gasteiger partial charge in [0.05, 0.1) is 12.7 Å². The molecule has 0 heterocycles. The van der Waals surface area contributed by atoms with Gasteiger partial charge in [-0.15, -0.1) is 0 Å². The van der Waals surface area contributed by atoms with Crippen LogP contribution < -0.4 is 15.6 Å². The van der Waals surface area contributed by atoms with E-state index in [1.807, 2.05) is 0 Å². The highest BCUT2D eigenvalue weighted by molar-refractivity contribution is 5.65. The first-order chi connectivity index (χ1) is 7.06. The van der Waals surface area contributed by atoms with Gasteiger partial charge in [0.2, 0.25) is 0 Å². The lowest BCUT2D eigenvalue weighted by Gasteiger charge is -2.13. The van der Waals surface area contributed by atoms with Crippen LogP contribution in [0, 0.1) is 0 Å². The highest BCUT2D eigenvalue weighted by Gasteiger charge is 2.17. The molecule has 0 radical (unpaired) electrons. The van der Waals surface area contributed by atoms with Gasteiger partial charge >= 0.3 is 0 Å². The fourth-order valence-corrected chi connectivity index (χ4v) is 1.34. The normalized spacial score (nSPS) is 12.1. The van der Waals surface area contributed by atoms with Crippen LogP contribution >= 0.6 is 0 Å². The molecule has 1 rings (SSSR count). The van der Waals surface area contributed by atoms with E-state index in [0.717, 1.165) is 0 Å². The number of para-hydroxylation sites is 1. The van der Waals surface area contributed by atoms with Crippen molar-refractivity contribution in [3.63, 3.8) is 0 Å². The number of quaternary nitrogens is 1. The van der Waals surface area contributed by atoms with Crippen molar-refractivity contribution in [2.75, 3.05) is 7.11 Å². The molecule has 0 fully saturated rings. The maximum atomic E-state index is 10.4. The number of carbonyl (C=O) groups is 1. The summed E-state index contributed by atoms with van der Waals surface area (Å²) in [6.45, 7) is 0. The second-order valence-electron chi connectivity index (χ2n) is 3.17. The molecule has 0 bridgehead atoms. The number of carboxylic acid groups (broad SMARTS) is 1. The Kier molecular flexibility index (Phi) is 3.51. The molecule has 4 N–H and O–H groups in total. The minimum Gasteiger partial charge on any atom is -0.550 e. The third-order valence-electron chi connectivity index (χ3n) is 2.10. The van der Waals surface area contributed by atoms with Crippen molar-refractivity contribution in [1.29, 1.82) is 0 Å². The quantitative estimate of drug-likeness (QED) is 0.655. The monoisotopic (exact) mass is 211 g/mol. The Balaban J connectivity index is 2.98. The van der Waals surface area contributed by atoms with Crippen LogP contribution in [0.15, 0.2) is 18.2 Å². The number of aliphatic carboxylic acids is 1. The van der Waals surface area contributed by atoms with Gasteiger partial charge in [0, 0.05) is 12.4 Å². The number of phenols is 1. The predicted octanol–water partition coefficient (Wildman–Crippen LogP) is -1.18. The molecule has 1 aromatic rings. The average molecular weight is 211 g/mol. The van der Waals surface area contributed by atoms with Crippen molar-refractivity contribution in [3.05, 3.63) is 23.8 Å². The summed E-state index contributed by atoms with van der Waals surface area (Å²) in [5.74, 6) is -0.960.